The molecule has 1 aliphatic heterocycles. The standard InChI is InChI=1S/C26H23BrN4OS/c1-2-32-21-14-12-20(13-15-21)31-25(24(29-26(31)33)22-6-3-4-16-28-22)23-7-5-17-30(23)19-10-8-18(27)9-11-19/h3-17,24-25H,2H2,1H3,(H,29,33)/t24-,25+/m0/s1. The van der Waals surface area contributed by atoms with Crippen LogP contribution in [0.4, 0.5) is 5.69 Å². The molecule has 1 aliphatic rings. The fourth-order valence-electron chi connectivity index (χ4n) is 4.28. The molecule has 5 nitrogen and oxygen atoms in total. The molecule has 1 N–H and O–H groups in total. The van der Waals surface area contributed by atoms with E-state index in [2.05, 4.69) is 90.4 Å². The number of anilines is 1. The molecular formula is C26H23BrN4OS. The average Bonchev–Trinajstić information content (AvgIpc) is 3.45. The maximum Gasteiger partial charge on any atom is 0.174 e. The van der Waals surface area contributed by atoms with E-state index in [9.17, 15) is 0 Å². The van der Waals surface area contributed by atoms with Crippen LogP contribution in [0.5, 0.6) is 5.75 Å². The van der Waals surface area contributed by atoms with Gasteiger partial charge in [0.1, 0.15) is 11.8 Å². The van der Waals surface area contributed by atoms with Gasteiger partial charge in [-0.2, -0.15) is 0 Å². The summed E-state index contributed by atoms with van der Waals surface area (Å²) < 4.78 is 8.90. The first-order valence-corrected chi connectivity index (χ1v) is 12.0. The molecule has 5 rings (SSSR count). The van der Waals surface area contributed by atoms with E-state index in [0.29, 0.717) is 11.7 Å². The van der Waals surface area contributed by atoms with Gasteiger partial charge in [0.05, 0.1) is 18.3 Å². The number of aromatic nitrogens is 2. The molecule has 0 spiro atoms. The molecule has 1 saturated heterocycles. The van der Waals surface area contributed by atoms with Gasteiger partial charge in [-0.25, -0.2) is 0 Å². The minimum atomic E-state index is -0.102. The van der Waals surface area contributed by atoms with Crippen LogP contribution in [0, 0.1) is 0 Å². The van der Waals surface area contributed by atoms with Crippen molar-refractivity contribution in [2.75, 3.05) is 11.5 Å². The molecule has 166 valence electrons. The van der Waals surface area contributed by atoms with Gasteiger partial charge in [-0.1, -0.05) is 22.0 Å². The van der Waals surface area contributed by atoms with Crippen molar-refractivity contribution in [1.29, 1.82) is 0 Å². The highest BCUT2D eigenvalue weighted by Crippen LogP contribution is 2.42. The highest BCUT2D eigenvalue weighted by atomic mass is 79.9. The lowest BCUT2D eigenvalue weighted by atomic mass is 10.0. The van der Waals surface area contributed by atoms with Crippen molar-refractivity contribution < 1.29 is 4.74 Å². The van der Waals surface area contributed by atoms with Crippen molar-refractivity contribution in [1.82, 2.24) is 14.9 Å². The van der Waals surface area contributed by atoms with Crippen molar-refractivity contribution in [2.45, 2.75) is 19.0 Å². The summed E-state index contributed by atoms with van der Waals surface area (Å²) in [6.45, 7) is 2.62. The van der Waals surface area contributed by atoms with E-state index in [4.69, 9.17) is 17.0 Å². The predicted molar refractivity (Wildman–Crippen MR) is 139 cm³/mol. The van der Waals surface area contributed by atoms with Crippen LogP contribution in [-0.4, -0.2) is 21.3 Å². The van der Waals surface area contributed by atoms with E-state index in [0.717, 1.165) is 33.0 Å². The normalized spacial score (nSPS) is 17.8. The van der Waals surface area contributed by atoms with Crippen LogP contribution < -0.4 is 15.0 Å². The van der Waals surface area contributed by atoms with E-state index in [1.165, 1.54) is 0 Å². The molecular weight excluding hydrogens is 496 g/mol. The zero-order valence-electron chi connectivity index (χ0n) is 18.1. The van der Waals surface area contributed by atoms with Gasteiger partial charge in [-0.05, 0) is 91.9 Å². The van der Waals surface area contributed by atoms with E-state index in [1.54, 1.807) is 0 Å². The van der Waals surface area contributed by atoms with Crippen LogP contribution in [0.15, 0.2) is 95.7 Å². The molecule has 3 heterocycles. The second kappa shape index (κ2) is 9.37. The molecule has 2 atom stereocenters. The number of hydrogen-bond donors (Lipinski definition) is 1. The fourth-order valence-corrected chi connectivity index (χ4v) is 4.89. The van der Waals surface area contributed by atoms with E-state index >= 15 is 0 Å². The summed E-state index contributed by atoms with van der Waals surface area (Å²) in [5.74, 6) is 0.843. The maximum absolute atomic E-state index is 5.85. The summed E-state index contributed by atoms with van der Waals surface area (Å²) in [5.41, 5.74) is 4.15. The quantitative estimate of drug-likeness (QED) is 0.307. The number of nitrogens with zero attached hydrogens (tertiary/aromatic N) is 3. The highest BCUT2D eigenvalue weighted by Gasteiger charge is 2.42. The van der Waals surface area contributed by atoms with E-state index in [-0.39, 0.29) is 12.1 Å². The van der Waals surface area contributed by atoms with Crippen LogP contribution in [0.3, 0.4) is 0 Å². The minimum Gasteiger partial charge on any atom is -0.494 e. The number of thiocarbonyl (C=S) groups is 1. The van der Waals surface area contributed by atoms with Gasteiger partial charge < -0.3 is 19.5 Å². The van der Waals surface area contributed by atoms with Gasteiger partial charge in [0.15, 0.2) is 5.11 Å². The van der Waals surface area contributed by atoms with Crippen molar-refractivity contribution in [3.63, 3.8) is 0 Å². The van der Waals surface area contributed by atoms with E-state index < -0.39 is 0 Å². The van der Waals surface area contributed by atoms with Crippen LogP contribution in [0.25, 0.3) is 5.69 Å². The third kappa shape index (κ3) is 4.26. The number of rotatable bonds is 6. The molecule has 4 aromatic rings. The molecule has 0 bridgehead atoms. The first-order valence-electron chi connectivity index (χ1n) is 10.8. The molecule has 0 amide bonds. The molecule has 2 aromatic carbocycles. The third-order valence-corrected chi connectivity index (χ3v) is 6.56. The largest absolute Gasteiger partial charge is 0.494 e. The highest BCUT2D eigenvalue weighted by molar-refractivity contribution is 9.10. The Balaban J connectivity index is 1.62. The van der Waals surface area contributed by atoms with Crippen LogP contribution in [0.2, 0.25) is 0 Å². The molecule has 2 aromatic heterocycles. The number of hydrogen-bond acceptors (Lipinski definition) is 3. The maximum atomic E-state index is 5.85. The molecule has 1 fully saturated rings. The number of nitrogens with one attached hydrogen (secondary N) is 1. The molecule has 0 aliphatic carbocycles. The lowest BCUT2D eigenvalue weighted by molar-refractivity contribution is 0.340. The summed E-state index contributed by atoms with van der Waals surface area (Å²) in [6, 6.07) is 26.4. The number of halogens is 1. The monoisotopic (exact) mass is 518 g/mol. The zero-order chi connectivity index (χ0) is 22.8. The first kappa shape index (κ1) is 21.7. The summed E-state index contributed by atoms with van der Waals surface area (Å²) in [5, 5.41) is 4.20. The summed E-state index contributed by atoms with van der Waals surface area (Å²) in [4.78, 5) is 6.83. The molecule has 0 radical (unpaired) electrons. The molecule has 0 unspecified atom stereocenters. The predicted octanol–water partition coefficient (Wildman–Crippen LogP) is 6.21. The zero-order valence-corrected chi connectivity index (χ0v) is 20.5. The van der Waals surface area contributed by atoms with Gasteiger partial charge in [0.25, 0.3) is 0 Å². The number of pyridine rings is 1. The number of ether oxygens (including phenoxy) is 1. The third-order valence-electron chi connectivity index (χ3n) is 5.71. The molecule has 33 heavy (non-hydrogen) atoms. The second-order valence-corrected chi connectivity index (χ2v) is 9.01. The Morgan fingerprint density at radius 3 is 2.42 bits per heavy atom. The van der Waals surface area contributed by atoms with Crippen LogP contribution in [-0.2, 0) is 0 Å². The van der Waals surface area contributed by atoms with Crippen molar-refractivity contribution in [3.8, 4) is 11.4 Å². The lowest BCUT2D eigenvalue weighted by Gasteiger charge is -2.29. The number of benzene rings is 2. The smallest absolute Gasteiger partial charge is 0.174 e. The summed E-state index contributed by atoms with van der Waals surface area (Å²) >= 11 is 9.39. The van der Waals surface area contributed by atoms with Crippen molar-refractivity contribution in [2.24, 2.45) is 0 Å². The second-order valence-electron chi connectivity index (χ2n) is 7.70. The van der Waals surface area contributed by atoms with Crippen LogP contribution in [0.1, 0.15) is 30.4 Å². The Hall–Kier alpha value is -3.16. The Bertz CT molecular complexity index is 1240. The van der Waals surface area contributed by atoms with Gasteiger partial charge in [-0.15, -0.1) is 0 Å². The van der Waals surface area contributed by atoms with Gasteiger partial charge in [0, 0.05) is 33.9 Å². The Morgan fingerprint density at radius 1 is 0.970 bits per heavy atom. The summed E-state index contributed by atoms with van der Waals surface area (Å²) in [6.07, 6.45) is 3.91. The molecule has 0 saturated carbocycles. The fraction of sp³-hybridized carbons (Fsp3) is 0.154. The topological polar surface area (TPSA) is 42.3 Å². The first-order chi connectivity index (χ1) is 16.2. The average molecular weight is 519 g/mol. The van der Waals surface area contributed by atoms with Gasteiger partial charge in [-0.3, -0.25) is 4.98 Å². The lowest BCUT2D eigenvalue weighted by Crippen LogP contribution is -2.30. The minimum absolute atomic E-state index is 0.0935. The van der Waals surface area contributed by atoms with Gasteiger partial charge in [0.2, 0.25) is 0 Å². The Labute approximate surface area is 207 Å². The molecule has 7 heteroatoms. The van der Waals surface area contributed by atoms with Crippen molar-refractivity contribution in [3.05, 3.63) is 107 Å². The van der Waals surface area contributed by atoms with E-state index in [1.807, 2.05) is 43.5 Å². The van der Waals surface area contributed by atoms with Crippen LogP contribution >= 0.6 is 28.1 Å². The van der Waals surface area contributed by atoms with Crippen molar-refractivity contribution >= 4 is 38.9 Å². The van der Waals surface area contributed by atoms with Gasteiger partial charge >= 0.3 is 0 Å². The summed E-state index contributed by atoms with van der Waals surface area (Å²) in [7, 11) is 0. The Kier molecular flexibility index (Phi) is 6.15. The SMILES string of the molecule is CCOc1ccc(N2C(=S)N[C@@H](c3ccccn3)[C@H]2c2cccn2-c2ccc(Br)cc2)cc1. The Morgan fingerprint density at radius 2 is 1.73 bits per heavy atom.